The molecular weight excluding hydrogens is 1170 g/mol. The molecule has 0 spiro atoms. The number of hydrogen-bond acceptors (Lipinski definition) is 16. The molecule has 16 rings (SSSR count). The van der Waals surface area contributed by atoms with Crippen molar-refractivity contribution in [2.45, 2.75) is 76.7 Å². The van der Waals surface area contributed by atoms with E-state index in [4.69, 9.17) is 21.9 Å². The van der Waals surface area contributed by atoms with E-state index in [9.17, 15) is 0 Å². The van der Waals surface area contributed by atoms with Gasteiger partial charge in [-0.05, 0) is 53.9 Å². The SMILES string of the molecule is Cc1cc2c(s1)-c1sc(-c3ccc(-c4ccc(Cc5cc6c(s5)-c5sc(-c7ccc(Cc8c[c]9c(s8)-c8sc(-c%10ccc(C)c%11nsnc%10%11)c[c]8[Ge]9([CH3])[CH3])c8nsnc78)cc5C6(C)C)s4)c4nsnc34)cc1C2(C)C. The second kappa shape index (κ2) is 16.3. The van der Waals surface area contributed by atoms with Gasteiger partial charge in [0.15, 0.2) is 0 Å². The summed E-state index contributed by atoms with van der Waals surface area (Å²) in [7, 11) is 0. The Morgan fingerprint density at radius 2 is 0.853 bits per heavy atom. The summed E-state index contributed by atoms with van der Waals surface area (Å²) >= 11 is 15.0. The summed E-state index contributed by atoms with van der Waals surface area (Å²) in [4.78, 5) is 19.4. The van der Waals surface area contributed by atoms with Gasteiger partial charge in [-0.3, -0.25) is 0 Å². The van der Waals surface area contributed by atoms with Crippen LogP contribution in [0.5, 0.6) is 0 Å². The fourth-order valence-electron chi connectivity index (χ4n) is 12.1. The Bertz CT molecular complexity index is 4580. The smallest absolute Gasteiger partial charge is 0.172 e. The van der Waals surface area contributed by atoms with E-state index in [1.54, 1.807) is 8.79 Å². The Kier molecular flexibility index (Phi) is 10.1. The van der Waals surface area contributed by atoms with Crippen LogP contribution in [0.2, 0.25) is 11.5 Å². The second-order valence-corrected chi connectivity index (χ2v) is 40.3. The van der Waals surface area contributed by atoms with Gasteiger partial charge in [-0.25, -0.2) is 0 Å². The molecule has 0 radical (unpaired) electrons. The van der Waals surface area contributed by atoms with Gasteiger partial charge in [0.25, 0.3) is 0 Å². The van der Waals surface area contributed by atoms with Gasteiger partial charge in [0.05, 0.1) is 11.7 Å². The van der Waals surface area contributed by atoms with Gasteiger partial charge < -0.3 is 0 Å². The van der Waals surface area contributed by atoms with E-state index in [1.807, 2.05) is 79.4 Å². The zero-order valence-corrected chi connectivity index (χ0v) is 52.0. The average molecular weight is 1220 g/mol. The Morgan fingerprint density at radius 1 is 0.387 bits per heavy atom. The molecule has 0 saturated heterocycles. The van der Waals surface area contributed by atoms with Crippen molar-refractivity contribution in [1.82, 2.24) is 26.2 Å². The molecule has 0 bridgehead atoms. The van der Waals surface area contributed by atoms with Gasteiger partial charge in [-0.1, -0.05) is 39.8 Å². The van der Waals surface area contributed by atoms with Gasteiger partial charge in [0, 0.05) is 57.1 Å². The third-order valence-corrected chi connectivity index (χ3v) is 34.3. The molecule has 2 aliphatic carbocycles. The van der Waals surface area contributed by atoms with Crippen LogP contribution in [0.3, 0.4) is 0 Å². The summed E-state index contributed by atoms with van der Waals surface area (Å²) in [6.07, 6.45) is 1.78. The van der Waals surface area contributed by atoms with E-state index in [0.717, 1.165) is 45.9 Å². The summed E-state index contributed by atoms with van der Waals surface area (Å²) < 4.78 is 32.4. The quantitative estimate of drug-likeness (QED) is 0.141. The van der Waals surface area contributed by atoms with Gasteiger partial charge in [0.1, 0.15) is 11.0 Å². The third kappa shape index (κ3) is 6.71. The minimum Gasteiger partial charge on any atom is -0.172 e. The number of nitrogens with zero attached hydrogens (tertiary/aromatic N) is 6. The first-order chi connectivity index (χ1) is 36.2. The number of hydrogen-bond donors (Lipinski definition) is 0. The van der Waals surface area contributed by atoms with Crippen LogP contribution in [0.4, 0.5) is 0 Å². The molecule has 10 aromatic heterocycles. The number of aryl methyl sites for hydroxylation is 2. The maximum absolute atomic E-state index is 4.99. The molecule has 0 N–H and O–H groups in total. The zero-order valence-electron chi connectivity index (χ0n) is 41.8. The maximum atomic E-state index is 4.99. The Labute approximate surface area is 476 Å². The van der Waals surface area contributed by atoms with Crippen LogP contribution >= 0.6 is 115 Å². The first-order valence-corrected chi connectivity index (χ1v) is 39.0. The van der Waals surface area contributed by atoms with E-state index in [0.29, 0.717) is 0 Å². The van der Waals surface area contributed by atoms with Crippen molar-refractivity contribution in [2.24, 2.45) is 0 Å². The van der Waals surface area contributed by atoms with Crippen molar-refractivity contribution < 1.29 is 0 Å². The zero-order chi connectivity index (χ0) is 50.6. The summed E-state index contributed by atoms with van der Waals surface area (Å²) in [6, 6.07) is 33.1. The summed E-state index contributed by atoms with van der Waals surface area (Å²) in [6.45, 7) is 13.9. The second-order valence-electron chi connectivity index (χ2n) is 21.8. The third-order valence-electron chi connectivity index (χ3n) is 16.2. The first kappa shape index (κ1) is 46.6. The summed E-state index contributed by atoms with van der Waals surface area (Å²) in [5, 5.41) is 0. The van der Waals surface area contributed by atoms with E-state index in [1.165, 1.54) is 159 Å². The topological polar surface area (TPSA) is 77.3 Å². The van der Waals surface area contributed by atoms with Crippen LogP contribution in [-0.2, 0) is 23.7 Å². The van der Waals surface area contributed by atoms with Crippen molar-refractivity contribution in [3.63, 3.8) is 0 Å². The molecule has 3 aliphatic rings. The minimum absolute atomic E-state index is 0.0114. The Hall–Kier alpha value is -4.44. The van der Waals surface area contributed by atoms with Crippen molar-refractivity contribution in [1.29, 1.82) is 0 Å². The van der Waals surface area contributed by atoms with Crippen LogP contribution < -0.4 is 8.79 Å². The monoisotopic (exact) mass is 1220 g/mol. The van der Waals surface area contributed by atoms with Crippen LogP contribution in [0.25, 0.3) is 104 Å². The molecule has 0 amide bonds. The molecule has 13 aromatic rings. The average Bonchev–Trinajstić information content (AvgIpc) is 4.36. The van der Waals surface area contributed by atoms with E-state index in [2.05, 4.69) is 142 Å². The van der Waals surface area contributed by atoms with Crippen LogP contribution in [0.1, 0.15) is 80.6 Å². The Morgan fingerprint density at radius 3 is 1.55 bits per heavy atom. The van der Waals surface area contributed by atoms with E-state index >= 15 is 0 Å². The predicted octanol–water partition coefficient (Wildman–Crippen LogP) is 18.0. The molecule has 6 nitrogen and oxygen atoms in total. The van der Waals surface area contributed by atoms with Gasteiger partial charge in [-0.2, -0.15) is 8.75 Å². The normalized spacial score (nSPS) is 15.4. The standard InChI is InChI=1S/C58H42GeN6S10/c1-25-9-12-32(47-45(25)60-73-62-47)44-24-40-56(72-44)55-39(59(40,7)8)21-29(69-55)18-27-10-13-33(48-46(27)61-74-63-48)42-23-38-54(71-42)52-36(58(38,5)6)20-30(68-52)19-28-11-16-41(67-28)31-14-15-34(50-49(31)64-75-65-50)43-22-37-53(70-43)51-35(57(37,3)4)17-26(2)66-51/h9-17,20-24H,18-19H2,1-8H3. The van der Waals surface area contributed by atoms with Crippen LogP contribution in [0, 0.1) is 13.8 Å². The number of fused-ring (bicyclic) bond motifs is 12. The van der Waals surface area contributed by atoms with Crippen molar-refractivity contribution in [2.75, 3.05) is 0 Å². The van der Waals surface area contributed by atoms with Crippen molar-refractivity contribution in [3.05, 3.63) is 138 Å². The molecule has 75 heavy (non-hydrogen) atoms. The molecule has 0 fully saturated rings. The summed E-state index contributed by atoms with van der Waals surface area (Å²) in [5.41, 5.74) is 19.0. The number of thiophene rings is 7. The van der Waals surface area contributed by atoms with E-state index < -0.39 is 13.3 Å². The van der Waals surface area contributed by atoms with Crippen molar-refractivity contribution >= 4 is 170 Å². The van der Waals surface area contributed by atoms with Crippen LogP contribution in [0.15, 0.2) is 84.9 Å². The van der Waals surface area contributed by atoms with Gasteiger partial charge in [-0.15, -0.1) is 45.3 Å². The van der Waals surface area contributed by atoms with E-state index in [-0.39, 0.29) is 10.8 Å². The van der Waals surface area contributed by atoms with Crippen molar-refractivity contribution in [3.8, 4) is 71.0 Å². The van der Waals surface area contributed by atoms with Gasteiger partial charge >= 0.3 is 254 Å². The molecule has 368 valence electrons. The molecule has 0 atom stereocenters. The number of aromatic nitrogens is 6. The molecule has 0 saturated carbocycles. The minimum atomic E-state index is -2.51. The fourth-order valence-corrected chi connectivity index (χ4v) is 32.7. The summed E-state index contributed by atoms with van der Waals surface area (Å²) in [5.74, 6) is 5.13. The molecule has 17 heteroatoms. The number of benzene rings is 3. The molecule has 0 unspecified atom stereocenters. The molecule has 1 aliphatic heterocycles. The first-order valence-electron chi connectivity index (χ1n) is 24.8. The number of rotatable bonds is 8. The molecule has 3 aromatic carbocycles. The van der Waals surface area contributed by atoms with Crippen LogP contribution in [-0.4, -0.2) is 39.5 Å². The molecular formula is C58H42GeN6S10. The fraction of sp³-hybridized carbons (Fsp3) is 0.207. The van der Waals surface area contributed by atoms with Gasteiger partial charge in [0.2, 0.25) is 0 Å². The predicted molar refractivity (Wildman–Crippen MR) is 332 cm³/mol. The Balaban J connectivity index is 0.660. The molecule has 11 heterocycles.